The van der Waals surface area contributed by atoms with Gasteiger partial charge in [-0.15, -0.1) is 0 Å². The Kier molecular flexibility index (Phi) is 4.68. The van der Waals surface area contributed by atoms with E-state index in [1.54, 1.807) is 16.8 Å². The van der Waals surface area contributed by atoms with Gasteiger partial charge in [-0.3, -0.25) is 0 Å². The SMILES string of the molecule is CCn1cc(N)cc1C(=O)OCc1ccc(C(C)C)cc1. The summed E-state index contributed by atoms with van der Waals surface area (Å²) in [6.45, 7) is 7.22. The van der Waals surface area contributed by atoms with E-state index >= 15 is 0 Å². The predicted molar refractivity (Wildman–Crippen MR) is 84.2 cm³/mol. The summed E-state index contributed by atoms with van der Waals surface area (Å²) in [5.74, 6) is 0.152. The highest BCUT2D eigenvalue weighted by Crippen LogP contribution is 2.16. The number of carbonyl (C=O) groups is 1. The Hall–Kier alpha value is -2.23. The van der Waals surface area contributed by atoms with E-state index < -0.39 is 0 Å². The lowest BCUT2D eigenvalue weighted by atomic mass is 10.0. The molecule has 0 aliphatic carbocycles. The molecule has 0 fully saturated rings. The van der Waals surface area contributed by atoms with E-state index in [9.17, 15) is 4.79 Å². The molecular formula is C17H22N2O2. The molecule has 0 radical (unpaired) electrons. The normalized spacial score (nSPS) is 10.9. The molecular weight excluding hydrogens is 264 g/mol. The van der Waals surface area contributed by atoms with Crippen LogP contribution in [-0.2, 0) is 17.9 Å². The molecule has 0 bridgehead atoms. The number of esters is 1. The van der Waals surface area contributed by atoms with Crippen LogP contribution in [0.25, 0.3) is 0 Å². The van der Waals surface area contributed by atoms with Crippen LogP contribution in [0.2, 0.25) is 0 Å². The van der Waals surface area contributed by atoms with Gasteiger partial charge in [-0.25, -0.2) is 4.79 Å². The van der Waals surface area contributed by atoms with Gasteiger partial charge in [0.15, 0.2) is 0 Å². The van der Waals surface area contributed by atoms with Crippen LogP contribution in [0.1, 0.15) is 48.3 Å². The molecule has 0 saturated heterocycles. The molecule has 2 rings (SSSR count). The molecule has 0 spiro atoms. The fourth-order valence-corrected chi connectivity index (χ4v) is 2.19. The van der Waals surface area contributed by atoms with Gasteiger partial charge in [0.1, 0.15) is 12.3 Å². The van der Waals surface area contributed by atoms with E-state index in [0.29, 0.717) is 23.8 Å². The number of carbonyl (C=O) groups excluding carboxylic acids is 1. The second kappa shape index (κ2) is 6.48. The minimum Gasteiger partial charge on any atom is -0.456 e. The van der Waals surface area contributed by atoms with Gasteiger partial charge in [0.05, 0.1) is 5.69 Å². The molecule has 2 aromatic rings. The quantitative estimate of drug-likeness (QED) is 0.855. The lowest BCUT2D eigenvalue weighted by Crippen LogP contribution is -2.11. The van der Waals surface area contributed by atoms with Gasteiger partial charge < -0.3 is 15.0 Å². The van der Waals surface area contributed by atoms with E-state index in [1.807, 2.05) is 19.1 Å². The Bertz CT molecular complexity index is 612. The Morgan fingerprint density at radius 3 is 2.52 bits per heavy atom. The van der Waals surface area contributed by atoms with Crippen molar-refractivity contribution in [1.82, 2.24) is 4.57 Å². The van der Waals surface area contributed by atoms with Gasteiger partial charge in [-0.1, -0.05) is 38.1 Å². The minimum atomic E-state index is -0.346. The van der Waals surface area contributed by atoms with Crippen molar-refractivity contribution in [2.24, 2.45) is 0 Å². The zero-order valence-electron chi connectivity index (χ0n) is 12.8. The fourth-order valence-electron chi connectivity index (χ4n) is 2.19. The van der Waals surface area contributed by atoms with Crippen LogP contribution in [0.3, 0.4) is 0 Å². The van der Waals surface area contributed by atoms with Crippen molar-refractivity contribution in [1.29, 1.82) is 0 Å². The first-order chi connectivity index (χ1) is 10.0. The highest BCUT2D eigenvalue weighted by Gasteiger charge is 2.13. The second-order valence-electron chi connectivity index (χ2n) is 5.42. The first-order valence-electron chi connectivity index (χ1n) is 7.23. The maximum Gasteiger partial charge on any atom is 0.355 e. The molecule has 0 amide bonds. The maximum atomic E-state index is 12.1. The van der Waals surface area contributed by atoms with E-state index in [1.165, 1.54) is 5.56 Å². The third-order valence-electron chi connectivity index (χ3n) is 3.48. The number of aryl methyl sites for hydroxylation is 1. The first kappa shape index (κ1) is 15.2. The van der Waals surface area contributed by atoms with Gasteiger partial charge in [0, 0.05) is 12.7 Å². The molecule has 0 aliphatic heterocycles. The molecule has 0 saturated carbocycles. The Balaban J connectivity index is 2.00. The summed E-state index contributed by atoms with van der Waals surface area (Å²) in [6, 6.07) is 9.78. The lowest BCUT2D eigenvalue weighted by molar-refractivity contribution is 0.0460. The first-order valence-corrected chi connectivity index (χ1v) is 7.23. The number of aromatic nitrogens is 1. The number of nitrogens with two attached hydrogens (primary N) is 1. The van der Waals surface area contributed by atoms with Crippen molar-refractivity contribution in [3.63, 3.8) is 0 Å². The van der Waals surface area contributed by atoms with Crippen molar-refractivity contribution in [2.45, 2.75) is 39.8 Å². The molecule has 1 aromatic carbocycles. The zero-order valence-corrected chi connectivity index (χ0v) is 12.8. The molecule has 4 heteroatoms. The van der Waals surface area contributed by atoms with Gasteiger partial charge >= 0.3 is 5.97 Å². The molecule has 0 atom stereocenters. The largest absolute Gasteiger partial charge is 0.456 e. The molecule has 0 unspecified atom stereocenters. The lowest BCUT2D eigenvalue weighted by Gasteiger charge is -2.09. The molecule has 1 aromatic heterocycles. The summed E-state index contributed by atoms with van der Waals surface area (Å²) in [7, 11) is 0. The number of ether oxygens (including phenoxy) is 1. The summed E-state index contributed by atoms with van der Waals surface area (Å²) >= 11 is 0. The molecule has 2 N–H and O–H groups in total. The van der Waals surface area contributed by atoms with Gasteiger partial charge in [0.2, 0.25) is 0 Å². The van der Waals surface area contributed by atoms with E-state index in [2.05, 4.69) is 26.0 Å². The van der Waals surface area contributed by atoms with E-state index in [0.717, 1.165) is 5.56 Å². The topological polar surface area (TPSA) is 57.2 Å². The van der Waals surface area contributed by atoms with Crippen LogP contribution >= 0.6 is 0 Å². The maximum absolute atomic E-state index is 12.1. The molecule has 112 valence electrons. The van der Waals surface area contributed by atoms with E-state index in [4.69, 9.17) is 10.5 Å². The van der Waals surface area contributed by atoms with Crippen LogP contribution in [-0.4, -0.2) is 10.5 Å². The van der Waals surface area contributed by atoms with Crippen molar-refractivity contribution in [2.75, 3.05) is 5.73 Å². The monoisotopic (exact) mass is 286 g/mol. The Labute approximate surface area is 125 Å². The van der Waals surface area contributed by atoms with Crippen LogP contribution < -0.4 is 5.73 Å². The van der Waals surface area contributed by atoms with Crippen LogP contribution in [0.5, 0.6) is 0 Å². The van der Waals surface area contributed by atoms with Crippen molar-refractivity contribution < 1.29 is 9.53 Å². The smallest absolute Gasteiger partial charge is 0.355 e. The molecule has 21 heavy (non-hydrogen) atoms. The summed E-state index contributed by atoms with van der Waals surface area (Å²) < 4.78 is 7.15. The van der Waals surface area contributed by atoms with E-state index in [-0.39, 0.29) is 12.6 Å². The number of hydrogen-bond acceptors (Lipinski definition) is 3. The fraction of sp³-hybridized carbons (Fsp3) is 0.353. The highest BCUT2D eigenvalue weighted by atomic mass is 16.5. The number of rotatable bonds is 5. The van der Waals surface area contributed by atoms with Gasteiger partial charge in [-0.05, 0) is 30.0 Å². The standard InChI is InChI=1S/C17H22N2O2/c1-4-19-10-15(18)9-16(19)17(20)21-11-13-5-7-14(8-6-13)12(2)3/h5-10,12H,4,11,18H2,1-3H3. The number of anilines is 1. The molecule has 4 nitrogen and oxygen atoms in total. The number of benzene rings is 1. The third-order valence-corrected chi connectivity index (χ3v) is 3.48. The van der Waals surface area contributed by atoms with Gasteiger partial charge in [-0.2, -0.15) is 0 Å². The predicted octanol–water partition coefficient (Wildman–Crippen LogP) is 3.57. The Morgan fingerprint density at radius 2 is 1.95 bits per heavy atom. The highest BCUT2D eigenvalue weighted by molar-refractivity contribution is 5.89. The van der Waals surface area contributed by atoms with Crippen LogP contribution in [0, 0.1) is 0 Å². The number of nitrogen functional groups attached to an aromatic ring is 1. The van der Waals surface area contributed by atoms with Crippen molar-refractivity contribution in [3.05, 3.63) is 53.3 Å². The number of nitrogens with zero attached hydrogens (tertiary/aromatic N) is 1. The summed E-state index contributed by atoms with van der Waals surface area (Å²) in [4.78, 5) is 12.1. The summed E-state index contributed by atoms with van der Waals surface area (Å²) in [5.41, 5.74) is 9.04. The number of hydrogen-bond donors (Lipinski definition) is 1. The third kappa shape index (κ3) is 3.66. The minimum absolute atomic E-state index is 0.270. The van der Waals surface area contributed by atoms with Crippen LogP contribution in [0.15, 0.2) is 36.5 Å². The van der Waals surface area contributed by atoms with Crippen LogP contribution in [0.4, 0.5) is 5.69 Å². The molecule has 0 aliphatic rings. The average Bonchev–Trinajstić information content (AvgIpc) is 2.86. The van der Waals surface area contributed by atoms with Crippen molar-refractivity contribution >= 4 is 11.7 Å². The van der Waals surface area contributed by atoms with Crippen molar-refractivity contribution in [3.8, 4) is 0 Å². The average molecular weight is 286 g/mol. The summed E-state index contributed by atoms with van der Waals surface area (Å²) in [6.07, 6.45) is 1.74. The second-order valence-corrected chi connectivity index (χ2v) is 5.42. The zero-order chi connectivity index (χ0) is 15.4. The Morgan fingerprint density at radius 1 is 1.29 bits per heavy atom. The summed E-state index contributed by atoms with van der Waals surface area (Å²) in [5, 5.41) is 0. The molecule has 1 heterocycles. The van der Waals surface area contributed by atoms with Gasteiger partial charge in [0.25, 0.3) is 0 Å².